The normalized spacial score (nSPS) is 11.0. The van der Waals surface area contributed by atoms with Crippen molar-refractivity contribution < 1.29 is 9.53 Å². The van der Waals surface area contributed by atoms with E-state index in [1.807, 2.05) is 13.0 Å². The molecule has 0 saturated heterocycles. The predicted molar refractivity (Wildman–Crippen MR) is 102 cm³/mol. The second-order valence-corrected chi connectivity index (χ2v) is 6.45. The lowest BCUT2D eigenvalue weighted by Gasteiger charge is -2.09. The Morgan fingerprint density at radius 1 is 1.08 bits per heavy atom. The minimum atomic E-state index is -0.158. The van der Waals surface area contributed by atoms with E-state index in [4.69, 9.17) is 4.74 Å². The Morgan fingerprint density at radius 3 is 2.56 bits per heavy atom. The molecule has 0 amide bonds. The number of carbonyl (C=O) groups excluding carboxylic acids is 1. The van der Waals surface area contributed by atoms with E-state index >= 15 is 0 Å². The van der Waals surface area contributed by atoms with Crippen LogP contribution in [0.3, 0.4) is 0 Å². The van der Waals surface area contributed by atoms with Crippen molar-refractivity contribution in [3.63, 3.8) is 0 Å². The van der Waals surface area contributed by atoms with Crippen LogP contribution >= 0.6 is 0 Å². The number of hydrogen-bond donors (Lipinski definition) is 0. The zero-order valence-electron chi connectivity index (χ0n) is 15.2. The van der Waals surface area contributed by atoms with Gasteiger partial charge in [0.1, 0.15) is 0 Å². The number of hydrogen-bond acceptors (Lipinski definition) is 2. The zero-order chi connectivity index (χ0) is 17.8. The summed E-state index contributed by atoms with van der Waals surface area (Å²) in [6.45, 7) is 7.36. The van der Waals surface area contributed by atoms with Gasteiger partial charge in [-0.05, 0) is 50.5 Å². The first kappa shape index (κ1) is 17.3. The second kappa shape index (κ2) is 7.56. The summed E-state index contributed by atoms with van der Waals surface area (Å²) >= 11 is 0. The highest BCUT2D eigenvalue weighted by Gasteiger charge is 2.17. The quantitative estimate of drug-likeness (QED) is 0.616. The Balaban J connectivity index is 1.97. The van der Waals surface area contributed by atoms with E-state index in [0.717, 1.165) is 24.2 Å². The van der Waals surface area contributed by atoms with Gasteiger partial charge in [0.25, 0.3) is 0 Å². The summed E-state index contributed by atoms with van der Waals surface area (Å²) in [5.41, 5.74) is 5.97. The molecular weight excluding hydrogens is 310 g/mol. The lowest BCUT2D eigenvalue weighted by atomic mass is 10.1. The van der Waals surface area contributed by atoms with Gasteiger partial charge in [0.05, 0.1) is 13.0 Å². The number of aromatic nitrogens is 1. The number of carbonyl (C=O) groups is 1. The molecular formula is C22H25NO2. The molecule has 130 valence electrons. The summed E-state index contributed by atoms with van der Waals surface area (Å²) in [6.07, 6.45) is 1.30. The van der Waals surface area contributed by atoms with Gasteiger partial charge >= 0.3 is 5.97 Å². The smallest absolute Gasteiger partial charge is 0.310 e. The van der Waals surface area contributed by atoms with Crippen LogP contribution in [0.15, 0.2) is 48.5 Å². The first-order valence-electron chi connectivity index (χ1n) is 8.88. The van der Waals surface area contributed by atoms with E-state index in [1.54, 1.807) is 0 Å². The molecule has 1 aromatic heterocycles. The summed E-state index contributed by atoms with van der Waals surface area (Å²) in [5, 5.41) is 1.17. The van der Waals surface area contributed by atoms with Crippen LogP contribution in [0.5, 0.6) is 0 Å². The molecule has 0 unspecified atom stereocenters. The van der Waals surface area contributed by atoms with Crippen molar-refractivity contribution in [2.24, 2.45) is 0 Å². The molecule has 0 aliphatic rings. The number of esters is 1. The Hall–Kier alpha value is -2.55. The van der Waals surface area contributed by atoms with E-state index in [0.29, 0.717) is 13.0 Å². The summed E-state index contributed by atoms with van der Waals surface area (Å²) in [4.78, 5) is 12.1. The van der Waals surface area contributed by atoms with E-state index in [-0.39, 0.29) is 5.97 Å². The van der Waals surface area contributed by atoms with Crippen molar-refractivity contribution in [1.29, 1.82) is 0 Å². The maximum Gasteiger partial charge on any atom is 0.310 e. The van der Waals surface area contributed by atoms with Crippen molar-refractivity contribution in [2.75, 3.05) is 6.61 Å². The third-order valence-corrected chi connectivity index (χ3v) is 4.70. The van der Waals surface area contributed by atoms with Gasteiger partial charge in [-0.15, -0.1) is 0 Å². The highest BCUT2D eigenvalue weighted by Crippen LogP contribution is 2.28. The van der Waals surface area contributed by atoms with Crippen LogP contribution in [-0.4, -0.2) is 17.1 Å². The first-order valence-corrected chi connectivity index (χ1v) is 8.88. The molecule has 0 spiro atoms. The molecule has 25 heavy (non-hydrogen) atoms. The predicted octanol–water partition coefficient (Wildman–Crippen LogP) is 4.61. The number of rotatable bonds is 6. The first-order chi connectivity index (χ1) is 12.1. The maximum atomic E-state index is 12.1. The van der Waals surface area contributed by atoms with Gasteiger partial charge in [0.15, 0.2) is 0 Å². The van der Waals surface area contributed by atoms with E-state index in [9.17, 15) is 4.79 Å². The summed E-state index contributed by atoms with van der Waals surface area (Å²) in [6, 6.07) is 17.0. The van der Waals surface area contributed by atoms with Crippen LogP contribution in [0, 0.1) is 13.8 Å². The molecule has 0 atom stereocenters. The molecule has 0 fully saturated rings. The van der Waals surface area contributed by atoms with Gasteiger partial charge in [-0.3, -0.25) is 4.79 Å². The number of nitrogens with zero attached hydrogens (tertiary/aromatic N) is 1. The minimum absolute atomic E-state index is 0.158. The third-order valence-electron chi connectivity index (χ3n) is 4.70. The van der Waals surface area contributed by atoms with Crippen molar-refractivity contribution in [3.05, 3.63) is 70.9 Å². The zero-order valence-corrected chi connectivity index (χ0v) is 15.2. The Kier molecular flexibility index (Phi) is 5.22. The molecule has 3 heteroatoms. The van der Waals surface area contributed by atoms with Crippen LogP contribution in [0.1, 0.15) is 29.3 Å². The fourth-order valence-corrected chi connectivity index (χ4v) is 3.42. The largest absolute Gasteiger partial charge is 0.466 e. The van der Waals surface area contributed by atoms with Gasteiger partial charge in [-0.25, -0.2) is 0 Å². The van der Waals surface area contributed by atoms with Crippen molar-refractivity contribution in [1.82, 2.24) is 4.57 Å². The van der Waals surface area contributed by atoms with Crippen LogP contribution < -0.4 is 0 Å². The SMILES string of the molecule is CCOC(=O)Cc1c(C)n(CCc2ccccc2)c2ccc(C)cc12. The van der Waals surface area contributed by atoms with Crippen LogP contribution in [0.25, 0.3) is 10.9 Å². The Morgan fingerprint density at radius 2 is 1.84 bits per heavy atom. The topological polar surface area (TPSA) is 31.2 Å². The molecule has 0 aliphatic heterocycles. The standard InChI is InChI=1S/C22H25NO2/c1-4-25-22(24)15-19-17(3)23(13-12-18-8-6-5-7-9-18)21-11-10-16(2)14-20(19)21/h5-11,14H,4,12-13,15H2,1-3H3. The van der Waals surface area contributed by atoms with Gasteiger partial charge in [-0.1, -0.05) is 42.0 Å². The molecule has 3 aromatic rings. The minimum Gasteiger partial charge on any atom is -0.466 e. The highest BCUT2D eigenvalue weighted by molar-refractivity contribution is 5.90. The van der Waals surface area contributed by atoms with Gasteiger partial charge in [0.2, 0.25) is 0 Å². The van der Waals surface area contributed by atoms with Gasteiger partial charge in [-0.2, -0.15) is 0 Å². The molecule has 1 heterocycles. The number of benzene rings is 2. The van der Waals surface area contributed by atoms with Gasteiger partial charge < -0.3 is 9.30 Å². The van der Waals surface area contributed by atoms with E-state index < -0.39 is 0 Å². The van der Waals surface area contributed by atoms with Crippen LogP contribution in [0.4, 0.5) is 0 Å². The maximum absolute atomic E-state index is 12.1. The van der Waals surface area contributed by atoms with Crippen LogP contribution in [0.2, 0.25) is 0 Å². The average Bonchev–Trinajstić information content (AvgIpc) is 2.85. The third kappa shape index (κ3) is 3.76. The fourth-order valence-electron chi connectivity index (χ4n) is 3.42. The highest BCUT2D eigenvalue weighted by atomic mass is 16.5. The molecule has 0 aliphatic carbocycles. The lowest BCUT2D eigenvalue weighted by molar-refractivity contribution is -0.142. The monoisotopic (exact) mass is 335 g/mol. The second-order valence-electron chi connectivity index (χ2n) is 6.45. The van der Waals surface area contributed by atoms with Crippen molar-refractivity contribution >= 4 is 16.9 Å². The van der Waals surface area contributed by atoms with Crippen LogP contribution in [-0.2, 0) is 28.9 Å². The number of ether oxygens (including phenoxy) is 1. The molecule has 3 rings (SSSR count). The number of aryl methyl sites for hydroxylation is 3. The van der Waals surface area contributed by atoms with Crippen molar-refractivity contribution in [2.45, 2.75) is 40.2 Å². The molecule has 3 nitrogen and oxygen atoms in total. The molecule has 0 radical (unpaired) electrons. The Bertz CT molecular complexity index is 878. The molecule has 0 bridgehead atoms. The lowest BCUT2D eigenvalue weighted by Crippen LogP contribution is -2.09. The summed E-state index contributed by atoms with van der Waals surface area (Å²) < 4.78 is 7.50. The molecule has 2 aromatic carbocycles. The summed E-state index contributed by atoms with van der Waals surface area (Å²) in [7, 11) is 0. The fraction of sp³-hybridized carbons (Fsp3) is 0.318. The van der Waals surface area contributed by atoms with E-state index in [1.165, 1.54) is 22.0 Å². The van der Waals surface area contributed by atoms with Gasteiger partial charge in [0, 0.05) is 23.1 Å². The Labute approximate surface area is 149 Å². The number of fused-ring (bicyclic) bond motifs is 1. The molecule has 0 saturated carbocycles. The molecule has 0 N–H and O–H groups in total. The van der Waals surface area contributed by atoms with E-state index in [2.05, 4.69) is 60.9 Å². The summed E-state index contributed by atoms with van der Waals surface area (Å²) in [5.74, 6) is -0.158. The average molecular weight is 335 g/mol. The van der Waals surface area contributed by atoms with Crippen molar-refractivity contribution in [3.8, 4) is 0 Å².